The largest absolute Gasteiger partial charge is 0.495 e. The van der Waals surface area contributed by atoms with Gasteiger partial charge in [0.2, 0.25) is 0 Å². The van der Waals surface area contributed by atoms with Crippen LogP contribution in [0.15, 0.2) is 18.2 Å². The van der Waals surface area contributed by atoms with E-state index in [0.29, 0.717) is 11.4 Å². The van der Waals surface area contributed by atoms with E-state index in [9.17, 15) is 5.11 Å². The van der Waals surface area contributed by atoms with Crippen LogP contribution in [0.4, 0.5) is 5.69 Å². The number of nitrogen functional groups attached to an aromatic ring is 1. The molecule has 0 aliphatic heterocycles. The van der Waals surface area contributed by atoms with E-state index in [2.05, 4.69) is 6.92 Å². The van der Waals surface area contributed by atoms with Gasteiger partial charge in [-0.05, 0) is 12.5 Å². The molecule has 0 saturated heterocycles. The van der Waals surface area contributed by atoms with E-state index in [1.807, 2.05) is 18.2 Å². The molecule has 0 aromatic heterocycles. The standard InChI is InChI=1S/C17H29NO2/c1-3-4-5-6-7-8-9-12-15(19)14-11-10-13-16(20-2)17(14)18/h10-11,13,15,19H,3-9,12,18H2,1-2H3. The van der Waals surface area contributed by atoms with Gasteiger partial charge in [0.25, 0.3) is 0 Å². The molecular weight excluding hydrogens is 250 g/mol. The fourth-order valence-electron chi connectivity index (χ4n) is 2.48. The van der Waals surface area contributed by atoms with Crippen LogP contribution in [0.2, 0.25) is 0 Å². The minimum atomic E-state index is -0.485. The molecule has 20 heavy (non-hydrogen) atoms. The van der Waals surface area contributed by atoms with Crippen molar-refractivity contribution in [2.24, 2.45) is 0 Å². The first-order valence-corrected chi connectivity index (χ1v) is 7.81. The van der Waals surface area contributed by atoms with Gasteiger partial charge in [-0.2, -0.15) is 0 Å². The normalized spacial score (nSPS) is 12.3. The molecule has 1 rings (SSSR count). The Bertz CT molecular complexity index is 379. The lowest BCUT2D eigenvalue weighted by atomic mass is 10.00. The lowest BCUT2D eigenvalue weighted by Gasteiger charge is -2.15. The smallest absolute Gasteiger partial charge is 0.142 e. The van der Waals surface area contributed by atoms with Crippen LogP contribution in [0, 0.1) is 0 Å². The van der Waals surface area contributed by atoms with Gasteiger partial charge < -0.3 is 15.6 Å². The zero-order valence-electron chi connectivity index (χ0n) is 12.9. The Balaban J connectivity index is 2.31. The van der Waals surface area contributed by atoms with Gasteiger partial charge >= 0.3 is 0 Å². The lowest BCUT2D eigenvalue weighted by molar-refractivity contribution is 0.163. The molecule has 0 heterocycles. The van der Waals surface area contributed by atoms with Gasteiger partial charge in [0.05, 0.1) is 18.9 Å². The molecule has 1 aromatic carbocycles. The number of aliphatic hydroxyl groups excluding tert-OH is 1. The topological polar surface area (TPSA) is 55.5 Å². The fourth-order valence-corrected chi connectivity index (χ4v) is 2.48. The van der Waals surface area contributed by atoms with Gasteiger partial charge in [-0.25, -0.2) is 0 Å². The van der Waals surface area contributed by atoms with E-state index < -0.39 is 6.10 Å². The third-order valence-corrected chi connectivity index (χ3v) is 3.76. The Kier molecular flexibility index (Phi) is 8.12. The van der Waals surface area contributed by atoms with Gasteiger partial charge in [-0.1, -0.05) is 64.0 Å². The zero-order chi connectivity index (χ0) is 14.8. The first-order chi connectivity index (χ1) is 9.70. The Morgan fingerprint density at radius 1 is 1.10 bits per heavy atom. The summed E-state index contributed by atoms with van der Waals surface area (Å²) in [5, 5.41) is 10.2. The van der Waals surface area contributed by atoms with E-state index in [-0.39, 0.29) is 0 Å². The van der Waals surface area contributed by atoms with Crippen molar-refractivity contribution < 1.29 is 9.84 Å². The van der Waals surface area contributed by atoms with Gasteiger partial charge in [0, 0.05) is 5.56 Å². The van der Waals surface area contributed by atoms with Crippen molar-refractivity contribution in [3.8, 4) is 5.75 Å². The highest BCUT2D eigenvalue weighted by molar-refractivity contribution is 5.59. The maximum Gasteiger partial charge on any atom is 0.142 e. The highest BCUT2D eigenvalue weighted by Crippen LogP contribution is 2.31. The molecule has 0 aliphatic rings. The summed E-state index contributed by atoms with van der Waals surface area (Å²) in [5.41, 5.74) is 7.34. The SMILES string of the molecule is CCCCCCCCCC(O)c1cccc(OC)c1N. The summed E-state index contributed by atoms with van der Waals surface area (Å²) in [6, 6.07) is 5.57. The number of benzene rings is 1. The molecular formula is C17H29NO2. The second-order valence-electron chi connectivity index (χ2n) is 5.39. The third kappa shape index (κ3) is 5.41. The highest BCUT2D eigenvalue weighted by Gasteiger charge is 2.13. The Labute approximate surface area is 123 Å². The number of para-hydroxylation sites is 1. The molecule has 0 radical (unpaired) electrons. The number of anilines is 1. The van der Waals surface area contributed by atoms with Gasteiger partial charge in [-0.3, -0.25) is 0 Å². The van der Waals surface area contributed by atoms with E-state index >= 15 is 0 Å². The number of nitrogens with two attached hydrogens (primary N) is 1. The molecule has 3 N–H and O–H groups in total. The number of unbranched alkanes of at least 4 members (excludes halogenated alkanes) is 6. The van der Waals surface area contributed by atoms with Crippen LogP contribution in [0.1, 0.15) is 70.0 Å². The summed E-state index contributed by atoms with van der Waals surface area (Å²) in [4.78, 5) is 0. The molecule has 0 aliphatic carbocycles. The third-order valence-electron chi connectivity index (χ3n) is 3.76. The Morgan fingerprint density at radius 3 is 2.40 bits per heavy atom. The molecule has 1 aromatic rings. The van der Waals surface area contributed by atoms with Crippen molar-refractivity contribution in [3.63, 3.8) is 0 Å². The van der Waals surface area contributed by atoms with Crippen molar-refractivity contribution in [2.45, 2.75) is 64.4 Å². The Hall–Kier alpha value is -1.22. The number of ether oxygens (including phenoxy) is 1. The molecule has 0 saturated carbocycles. The van der Waals surface area contributed by atoms with E-state index in [1.54, 1.807) is 7.11 Å². The lowest BCUT2D eigenvalue weighted by Crippen LogP contribution is -2.04. The zero-order valence-corrected chi connectivity index (χ0v) is 12.9. The first-order valence-electron chi connectivity index (χ1n) is 7.81. The van der Waals surface area contributed by atoms with Crippen molar-refractivity contribution >= 4 is 5.69 Å². The van der Waals surface area contributed by atoms with Crippen molar-refractivity contribution in [1.29, 1.82) is 0 Å². The molecule has 0 fully saturated rings. The number of methoxy groups -OCH3 is 1. The quantitative estimate of drug-likeness (QED) is 0.491. The molecule has 3 heteroatoms. The van der Waals surface area contributed by atoms with Gasteiger partial charge in [0.15, 0.2) is 0 Å². The molecule has 0 spiro atoms. The predicted molar refractivity (Wildman–Crippen MR) is 85.0 cm³/mol. The van der Waals surface area contributed by atoms with Gasteiger partial charge in [0.1, 0.15) is 5.75 Å². The van der Waals surface area contributed by atoms with Crippen LogP contribution in [-0.4, -0.2) is 12.2 Å². The molecule has 0 bridgehead atoms. The van der Waals surface area contributed by atoms with Crippen molar-refractivity contribution in [1.82, 2.24) is 0 Å². The van der Waals surface area contributed by atoms with Crippen molar-refractivity contribution in [2.75, 3.05) is 12.8 Å². The van der Waals surface area contributed by atoms with E-state index in [4.69, 9.17) is 10.5 Å². The average Bonchev–Trinajstić information content (AvgIpc) is 2.46. The minimum Gasteiger partial charge on any atom is -0.495 e. The molecule has 114 valence electrons. The molecule has 3 nitrogen and oxygen atoms in total. The maximum absolute atomic E-state index is 10.2. The van der Waals surface area contributed by atoms with E-state index in [1.165, 1.54) is 38.5 Å². The average molecular weight is 279 g/mol. The minimum absolute atomic E-state index is 0.485. The van der Waals surface area contributed by atoms with Gasteiger partial charge in [-0.15, -0.1) is 0 Å². The second-order valence-corrected chi connectivity index (χ2v) is 5.39. The predicted octanol–water partition coefficient (Wildman–Crippen LogP) is 4.45. The Morgan fingerprint density at radius 2 is 1.75 bits per heavy atom. The number of hydrogen-bond donors (Lipinski definition) is 2. The number of rotatable bonds is 10. The summed E-state index contributed by atoms with van der Waals surface area (Å²) in [6.07, 6.45) is 9.05. The summed E-state index contributed by atoms with van der Waals surface area (Å²) in [6.45, 7) is 2.23. The molecule has 1 unspecified atom stereocenters. The number of hydrogen-bond acceptors (Lipinski definition) is 3. The summed E-state index contributed by atoms with van der Waals surface area (Å²) >= 11 is 0. The van der Waals surface area contributed by atoms with Crippen LogP contribution < -0.4 is 10.5 Å². The summed E-state index contributed by atoms with van der Waals surface area (Å²) in [7, 11) is 1.60. The van der Waals surface area contributed by atoms with Crippen LogP contribution >= 0.6 is 0 Å². The van der Waals surface area contributed by atoms with Crippen LogP contribution in [-0.2, 0) is 0 Å². The second kappa shape index (κ2) is 9.65. The first kappa shape index (κ1) is 16.8. The maximum atomic E-state index is 10.2. The monoisotopic (exact) mass is 279 g/mol. The van der Waals surface area contributed by atoms with E-state index in [0.717, 1.165) is 18.4 Å². The summed E-state index contributed by atoms with van der Waals surface area (Å²) < 4.78 is 5.18. The molecule has 0 amide bonds. The van der Waals surface area contributed by atoms with Crippen LogP contribution in [0.3, 0.4) is 0 Å². The molecule has 1 atom stereocenters. The van der Waals surface area contributed by atoms with Crippen LogP contribution in [0.25, 0.3) is 0 Å². The van der Waals surface area contributed by atoms with Crippen LogP contribution in [0.5, 0.6) is 5.75 Å². The highest BCUT2D eigenvalue weighted by atomic mass is 16.5. The summed E-state index contributed by atoms with van der Waals surface area (Å²) in [5.74, 6) is 0.640. The number of aliphatic hydroxyl groups is 1. The fraction of sp³-hybridized carbons (Fsp3) is 0.647. The van der Waals surface area contributed by atoms with Crippen molar-refractivity contribution in [3.05, 3.63) is 23.8 Å².